The Morgan fingerprint density at radius 1 is 1.00 bits per heavy atom. The van der Waals surface area contributed by atoms with Crippen LogP contribution < -0.4 is 4.18 Å². The molecule has 0 fully saturated rings. The highest BCUT2D eigenvalue weighted by Crippen LogP contribution is 2.35. The molecule has 19 heavy (non-hydrogen) atoms. The maximum Gasteiger partial charge on any atom is 0.534 e. The second-order valence-corrected chi connectivity index (χ2v) is 5.15. The fraction of sp³-hybridized carbons (Fsp3) is 0.0909. The van der Waals surface area contributed by atoms with Gasteiger partial charge in [-0.25, -0.2) is 0 Å². The Bertz CT molecular complexity index is 722. The highest BCUT2D eigenvalue weighted by atomic mass is 32.2. The highest BCUT2D eigenvalue weighted by molar-refractivity contribution is 7.88. The molecule has 0 atom stereocenters. The number of hydrogen-bond acceptors (Lipinski definition) is 4. The van der Waals surface area contributed by atoms with Gasteiger partial charge in [0.1, 0.15) is 5.75 Å². The van der Waals surface area contributed by atoms with Gasteiger partial charge in [0.25, 0.3) is 0 Å². The molecular formula is C11H7F3O4S. The number of rotatable bonds is 2. The van der Waals surface area contributed by atoms with Gasteiger partial charge in [0.15, 0.2) is 5.75 Å². The third-order valence-corrected chi connectivity index (χ3v) is 3.31. The van der Waals surface area contributed by atoms with E-state index in [1.54, 1.807) is 6.07 Å². The molecule has 0 saturated heterocycles. The van der Waals surface area contributed by atoms with Gasteiger partial charge in [-0.3, -0.25) is 0 Å². The Morgan fingerprint density at radius 3 is 2.16 bits per heavy atom. The summed E-state index contributed by atoms with van der Waals surface area (Å²) in [6.07, 6.45) is 0. The molecule has 2 rings (SSSR count). The SMILES string of the molecule is O=S(=O)(Oc1ccc(O)c2ccccc12)C(F)(F)F. The zero-order valence-electron chi connectivity index (χ0n) is 9.18. The van der Waals surface area contributed by atoms with Crippen molar-refractivity contribution in [2.45, 2.75) is 5.51 Å². The number of phenols is 1. The molecule has 0 aliphatic heterocycles. The minimum atomic E-state index is -5.74. The van der Waals surface area contributed by atoms with Crippen molar-refractivity contribution in [3.05, 3.63) is 36.4 Å². The van der Waals surface area contributed by atoms with Gasteiger partial charge in [-0.2, -0.15) is 21.6 Å². The second-order valence-electron chi connectivity index (χ2n) is 3.61. The topological polar surface area (TPSA) is 63.6 Å². The number of fused-ring (bicyclic) bond motifs is 1. The van der Waals surface area contributed by atoms with Gasteiger partial charge in [0.2, 0.25) is 0 Å². The normalized spacial score (nSPS) is 12.6. The van der Waals surface area contributed by atoms with Crippen molar-refractivity contribution in [3.8, 4) is 11.5 Å². The van der Waals surface area contributed by atoms with Crippen LogP contribution in [0.5, 0.6) is 11.5 Å². The van der Waals surface area contributed by atoms with Crippen LogP contribution in [0.4, 0.5) is 13.2 Å². The van der Waals surface area contributed by atoms with E-state index < -0.39 is 21.4 Å². The molecule has 8 heteroatoms. The average molecular weight is 292 g/mol. The lowest BCUT2D eigenvalue weighted by Gasteiger charge is -2.11. The molecule has 0 unspecified atom stereocenters. The molecule has 0 bridgehead atoms. The number of alkyl halides is 3. The van der Waals surface area contributed by atoms with Crippen molar-refractivity contribution < 1.29 is 30.9 Å². The molecule has 4 nitrogen and oxygen atoms in total. The fourth-order valence-electron chi connectivity index (χ4n) is 1.49. The average Bonchev–Trinajstić information content (AvgIpc) is 2.32. The molecule has 0 spiro atoms. The van der Waals surface area contributed by atoms with E-state index in [1.165, 1.54) is 18.2 Å². The molecule has 102 valence electrons. The first-order chi connectivity index (χ1) is 8.72. The summed E-state index contributed by atoms with van der Waals surface area (Å²) in [5.74, 6) is -0.682. The molecule has 0 aliphatic carbocycles. The molecule has 0 saturated carbocycles. The maximum atomic E-state index is 12.2. The molecule has 0 amide bonds. The highest BCUT2D eigenvalue weighted by Gasteiger charge is 2.48. The van der Waals surface area contributed by atoms with Crippen LogP contribution in [-0.2, 0) is 10.1 Å². The summed E-state index contributed by atoms with van der Waals surface area (Å²) >= 11 is 0. The van der Waals surface area contributed by atoms with E-state index in [1.807, 2.05) is 0 Å². The van der Waals surface area contributed by atoms with Crippen LogP contribution >= 0.6 is 0 Å². The van der Waals surface area contributed by atoms with Crippen molar-refractivity contribution in [3.63, 3.8) is 0 Å². The summed E-state index contributed by atoms with van der Waals surface area (Å²) in [7, 11) is -5.74. The van der Waals surface area contributed by atoms with E-state index in [-0.39, 0.29) is 16.5 Å². The summed E-state index contributed by atoms with van der Waals surface area (Å²) in [4.78, 5) is 0. The zero-order valence-corrected chi connectivity index (χ0v) is 9.99. The number of hydrogen-bond donors (Lipinski definition) is 1. The Kier molecular flexibility index (Phi) is 3.05. The minimum Gasteiger partial charge on any atom is -0.507 e. The van der Waals surface area contributed by atoms with Crippen LogP contribution in [0.2, 0.25) is 0 Å². The Morgan fingerprint density at radius 2 is 1.58 bits per heavy atom. The zero-order chi connectivity index (χ0) is 14.3. The van der Waals surface area contributed by atoms with E-state index in [9.17, 15) is 26.7 Å². The third-order valence-electron chi connectivity index (χ3n) is 2.34. The van der Waals surface area contributed by atoms with Gasteiger partial charge in [0.05, 0.1) is 0 Å². The first kappa shape index (κ1) is 13.5. The second kappa shape index (κ2) is 4.30. The lowest BCUT2D eigenvalue weighted by molar-refractivity contribution is -0.0499. The van der Waals surface area contributed by atoms with Crippen molar-refractivity contribution in [1.29, 1.82) is 0 Å². The molecule has 0 radical (unpaired) electrons. The monoisotopic (exact) mass is 292 g/mol. The smallest absolute Gasteiger partial charge is 0.507 e. The van der Waals surface area contributed by atoms with Gasteiger partial charge in [-0.05, 0) is 12.1 Å². The Hall–Kier alpha value is -1.96. The van der Waals surface area contributed by atoms with E-state index in [0.717, 1.165) is 12.1 Å². The quantitative estimate of drug-likeness (QED) is 0.683. The van der Waals surface area contributed by atoms with E-state index in [4.69, 9.17) is 0 Å². The molecule has 1 N–H and O–H groups in total. The van der Waals surface area contributed by atoms with Crippen molar-refractivity contribution in [1.82, 2.24) is 0 Å². The number of benzene rings is 2. The third kappa shape index (κ3) is 2.43. The molecular weight excluding hydrogens is 285 g/mol. The number of halogens is 3. The standard InChI is InChI=1S/C11H7F3O4S/c12-11(13,14)19(16,17)18-10-6-5-9(15)7-3-1-2-4-8(7)10/h1-6,15H. The summed E-state index contributed by atoms with van der Waals surface area (Å²) in [5, 5.41) is 9.78. The molecule has 0 aliphatic rings. The molecule has 2 aromatic carbocycles. The summed E-state index contributed by atoms with van der Waals surface area (Å²) in [6.45, 7) is 0. The molecule has 0 heterocycles. The molecule has 2 aromatic rings. The van der Waals surface area contributed by atoms with Crippen molar-refractivity contribution in [2.75, 3.05) is 0 Å². The van der Waals surface area contributed by atoms with Gasteiger partial charge in [0, 0.05) is 10.8 Å². The first-order valence-electron chi connectivity index (χ1n) is 4.94. The van der Waals surface area contributed by atoms with Crippen LogP contribution in [-0.4, -0.2) is 19.0 Å². The van der Waals surface area contributed by atoms with Gasteiger partial charge in [-0.1, -0.05) is 24.3 Å². The number of phenolic OH excluding ortho intramolecular Hbond substituents is 1. The van der Waals surface area contributed by atoms with Crippen LogP contribution in [0.1, 0.15) is 0 Å². The Balaban J connectivity index is 2.57. The summed E-state index contributed by atoms with van der Waals surface area (Å²) in [5.41, 5.74) is -5.51. The maximum absolute atomic E-state index is 12.2. The van der Waals surface area contributed by atoms with E-state index >= 15 is 0 Å². The largest absolute Gasteiger partial charge is 0.534 e. The van der Waals surface area contributed by atoms with E-state index in [2.05, 4.69) is 4.18 Å². The first-order valence-corrected chi connectivity index (χ1v) is 6.35. The predicted molar refractivity (Wildman–Crippen MR) is 61.2 cm³/mol. The summed E-state index contributed by atoms with van der Waals surface area (Å²) in [6, 6.07) is 7.82. The van der Waals surface area contributed by atoms with Crippen LogP contribution in [0.3, 0.4) is 0 Å². The van der Waals surface area contributed by atoms with Crippen LogP contribution in [0, 0.1) is 0 Å². The molecule has 0 aromatic heterocycles. The van der Waals surface area contributed by atoms with Crippen LogP contribution in [0.15, 0.2) is 36.4 Å². The van der Waals surface area contributed by atoms with Gasteiger partial charge in [-0.15, -0.1) is 0 Å². The van der Waals surface area contributed by atoms with Gasteiger partial charge < -0.3 is 9.29 Å². The number of aromatic hydroxyl groups is 1. The van der Waals surface area contributed by atoms with Gasteiger partial charge >= 0.3 is 15.6 Å². The van der Waals surface area contributed by atoms with Crippen LogP contribution in [0.25, 0.3) is 10.8 Å². The minimum absolute atomic E-state index is 0.0651. The van der Waals surface area contributed by atoms with Crippen molar-refractivity contribution >= 4 is 20.9 Å². The lowest BCUT2D eigenvalue weighted by Crippen LogP contribution is -2.28. The fourth-order valence-corrected chi connectivity index (χ4v) is 1.97. The lowest BCUT2D eigenvalue weighted by atomic mass is 10.1. The van der Waals surface area contributed by atoms with Crippen molar-refractivity contribution in [2.24, 2.45) is 0 Å². The summed E-state index contributed by atoms with van der Waals surface area (Å²) < 4.78 is 62.7. The Labute approximate surface area is 106 Å². The van der Waals surface area contributed by atoms with E-state index in [0.29, 0.717) is 0 Å². The predicted octanol–water partition coefficient (Wildman–Crippen LogP) is 2.77.